The molecule has 0 aliphatic carbocycles. The van der Waals surface area contributed by atoms with Crippen LogP contribution < -0.4 is 5.32 Å². The molecule has 3 rings (SSSR count). The summed E-state index contributed by atoms with van der Waals surface area (Å²) in [5.41, 5.74) is 2.81. The highest BCUT2D eigenvalue weighted by molar-refractivity contribution is 5.78. The lowest BCUT2D eigenvalue weighted by atomic mass is 10.2. The number of fused-ring (bicyclic) bond motifs is 1. The largest absolute Gasteiger partial charge is 0.332 e. The van der Waals surface area contributed by atoms with Gasteiger partial charge in [-0.1, -0.05) is 38.1 Å². The molecule has 0 unspecified atom stereocenters. The van der Waals surface area contributed by atoms with Gasteiger partial charge >= 0.3 is 6.03 Å². The van der Waals surface area contributed by atoms with Crippen LogP contribution in [0.3, 0.4) is 0 Å². The van der Waals surface area contributed by atoms with Gasteiger partial charge in [0, 0.05) is 30.7 Å². The molecule has 2 heterocycles. The predicted octanol–water partition coefficient (Wildman–Crippen LogP) is 3.34. The van der Waals surface area contributed by atoms with Crippen molar-refractivity contribution in [1.82, 2.24) is 25.0 Å². The first-order valence-corrected chi connectivity index (χ1v) is 8.86. The minimum atomic E-state index is -0.0856. The Hall–Kier alpha value is -2.89. The topological polar surface area (TPSA) is 63.1 Å². The molecule has 1 N–H and O–H groups in total. The van der Waals surface area contributed by atoms with Gasteiger partial charge in [0.25, 0.3) is 0 Å². The van der Waals surface area contributed by atoms with E-state index in [1.54, 1.807) is 10.9 Å². The predicted molar refractivity (Wildman–Crippen MR) is 102 cm³/mol. The smallest absolute Gasteiger partial charge is 0.318 e. The maximum atomic E-state index is 12.7. The van der Waals surface area contributed by atoms with Gasteiger partial charge in [-0.3, -0.25) is 9.67 Å². The van der Waals surface area contributed by atoms with Crippen LogP contribution in [0.1, 0.15) is 25.1 Å². The maximum Gasteiger partial charge on any atom is 0.318 e. The second-order valence-corrected chi connectivity index (χ2v) is 6.95. The summed E-state index contributed by atoms with van der Waals surface area (Å²) in [5, 5.41) is 8.27. The van der Waals surface area contributed by atoms with Gasteiger partial charge in [-0.25, -0.2) is 4.79 Å². The van der Waals surface area contributed by atoms with Crippen LogP contribution in [0.5, 0.6) is 0 Å². The average molecular weight is 351 g/mol. The summed E-state index contributed by atoms with van der Waals surface area (Å²) in [5.74, 6) is 0.385. The van der Waals surface area contributed by atoms with E-state index in [0.29, 0.717) is 25.6 Å². The Labute approximate surface area is 153 Å². The highest BCUT2D eigenvalue weighted by Crippen LogP contribution is 2.12. The third-order valence-electron chi connectivity index (χ3n) is 4.08. The van der Waals surface area contributed by atoms with E-state index in [1.165, 1.54) is 0 Å². The number of urea groups is 1. The zero-order valence-corrected chi connectivity index (χ0v) is 15.5. The Morgan fingerprint density at radius 2 is 2.04 bits per heavy atom. The zero-order valence-electron chi connectivity index (χ0n) is 15.5. The minimum absolute atomic E-state index is 0.0856. The van der Waals surface area contributed by atoms with Gasteiger partial charge in [0.05, 0.1) is 30.5 Å². The molecule has 0 aliphatic heterocycles. The summed E-state index contributed by atoms with van der Waals surface area (Å²) < 4.78 is 1.75. The summed E-state index contributed by atoms with van der Waals surface area (Å²) in [6, 6.07) is 11.9. The van der Waals surface area contributed by atoms with Crippen LogP contribution >= 0.6 is 0 Å². The third kappa shape index (κ3) is 4.59. The first kappa shape index (κ1) is 17.9. The molecule has 3 aromatic rings. The summed E-state index contributed by atoms with van der Waals surface area (Å²) in [7, 11) is 1.88. The normalized spacial score (nSPS) is 11.1. The number of hydrogen-bond donors (Lipinski definition) is 1. The number of carbonyl (C=O) groups excluding carboxylic acids is 1. The van der Waals surface area contributed by atoms with Crippen LogP contribution in [0.15, 0.2) is 48.8 Å². The molecule has 0 fully saturated rings. The standard InChI is InChI=1S/C20H25N5O/c1-15(2)12-25(14-16-10-22-24(3)13-16)20(26)21-11-18-9-8-17-6-4-5-7-19(17)23-18/h4-10,13,15H,11-12,14H2,1-3H3,(H,21,26). The molecule has 0 bridgehead atoms. The van der Waals surface area contributed by atoms with Gasteiger partial charge in [-0.05, 0) is 18.1 Å². The molecule has 2 aromatic heterocycles. The van der Waals surface area contributed by atoms with E-state index in [4.69, 9.17) is 0 Å². The second-order valence-electron chi connectivity index (χ2n) is 6.95. The summed E-state index contributed by atoms with van der Waals surface area (Å²) in [6.45, 7) is 5.85. The highest BCUT2D eigenvalue weighted by atomic mass is 16.2. The van der Waals surface area contributed by atoms with Crippen molar-refractivity contribution >= 4 is 16.9 Å². The Bertz CT molecular complexity index is 887. The number of para-hydroxylation sites is 1. The summed E-state index contributed by atoms with van der Waals surface area (Å²) in [4.78, 5) is 19.1. The van der Waals surface area contributed by atoms with Crippen molar-refractivity contribution in [2.45, 2.75) is 26.9 Å². The quantitative estimate of drug-likeness (QED) is 0.741. The Morgan fingerprint density at radius 3 is 2.77 bits per heavy atom. The van der Waals surface area contributed by atoms with Crippen LogP contribution in [0, 0.1) is 5.92 Å². The van der Waals surface area contributed by atoms with E-state index >= 15 is 0 Å². The van der Waals surface area contributed by atoms with E-state index in [1.807, 2.05) is 54.5 Å². The molecule has 0 spiro atoms. The fourth-order valence-electron chi connectivity index (χ4n) is 2.92. The lowest BCUT2D eigenvalue weighted by molar-refractivity contribution is 0.187. The van der Waals surface area contributed by atoms with Crippen molar-refractivity contribution in [2.24, 2.45) is 13.0 Å². The Kier molecular flexibility index (Phi) is 5.51. The van der Waals surface area contributed by atoms with Crippen molar-refractivity contribution < 1.29 is 4.79 Å². The second kappa shape index (κ2) is 7.99. The van der Waals surface area contributed by atoms with E-state index in [-0.39, 0.29) is 6.03 Å². The molecule has 26 heavy (non-hydrogen) atoms. The van der Waals surface area contributed by atoms with Crippen LogP contribution in [-0.2, 0) is 20.1 Å². The van der Waals surface area contributed by atoms with Crippen molar-refractivity contribution in [3.8, 4) is 0 Å². The number of nitrogens with zero attached hydrogens (tertiary/aromatic N) is 4. The van der Waals surface area contributed by atoms with Gasteiger partial charge in [0.15, 0.2) is 0 Å². The molecular formula is C20H25N5O. The van der Waals surface area contributed by atoms with E-state index in [9.17, 15) is 4.79 Å². The van der Waals surface area contributed by atoms with Crippen molar-refractivity contribution in [3.63, 3.8) is 0 Å². The van der Waals surface area contributed by atoms with Gasteiger partial charge in [-0.15, -0.1) is 0 Å². The number of hydrogen-bond acceptors (Lipinski definition) is 3. The molecule has 0 radical (unpaired) electrons. The summed E-state index contributed by atoms with van der Waals surface area (Å²) in [6.07, 6.45) is 3.73. The molecule has 0 saturated heterocycles. The maximum absolute atomic E-state index is 12.7. The minimum Gasteiger partial charge on any atom is -0.332 e. The molecule has 6 nitrogen and oxygen atoms in total. The van der Waals surface area contributed by atoms with Crippen LogP contribution in [0.2, 0.25) is 0 Å². The average Bonchev–Trinajstić information content (AvgIpc) is 3.03. The van der Waals surface area contributed by atoms with Crippen LogP contribution in [-0.4, -0.2) is 32.2 Å². The van der Waals surface area contributed by atoms with Crippen molar-refractivity contribution in [3.05, 3.63) is 60.0 Å². The fraction of sp³-hybridized carbons (Fsp3) is 0.350. The van der Waals surface area contributed by atoms with Crippen molar-refractivity contribution in [2.75, 3.05) is 6.54 Å². The van der Waals surface area contributed by atoms with Crippen LogP contribution in [0.4, 0.5) is 4.79 Å². The van der Waals surface area contributed by atoms with E-state index in [2.05, 4.69) is 29.2 Å². The highest BCUT2D eigenvalue weighted by Gasteiger charge is 2.16. The molecular weight excluding hydrogens is 326 g/mol. The molecule has 0 aliphatic rings. The van der Waals surface area contributed by atoms with Gasteiger partial charge in [0.2, 0.25) is 0 Å². The molecule has 136 valence electrons. The zero-order chi connectivity index (χ0) is 18.5. The van der Waals surface area contributed by atoms with Gasteiger partial charge in [0.1, 0.15) is 0 Å². The third-order valence-corrected chi connectivity index (χ3v) is 4.08. The number of carbonyl (C=O) groups is 1. The molecule has 1 aromatic carbocycles. The fourth-order valence-corrected chi connectivity index (χ4v) is 2.92. The molecule has 6 heteroatoms. The van der Waals surface area contributed by atoms with Crippen molar-refractivity contribution in [1.29, 1.82) is 0 Å². The molecule has 0 saturated carbocycles. The number of pyridine rings is 1. The lowest BCUT2D eigenvalue weighted by Crippen LogP contribution is -2.41. The van der Waals surface area contributed by atoms with Crippen LogP contribution in [0.25, 0.3) is 10.9 Å². The SMILES string of the molecule is CC(C)CN(Cc1cnn(C)c1)C(=O)NCc1ccc2ccccc2n1. The lowest BCUT2D eigenvalue weighted by Gasteiger charge is -2.24. The monoisotopic (exact) mass is 351 g/mol. The van der Waals surface area contributed by atoms with E-state index in [0.717, 1.165) is 22.2 Å². The Balaban J connectivity index is 1.65. The molecule has 0 atom stereocenters. The number of benzene rings is 1. The number of rotatable bonds is 6. The number of amides is 2. The number of nitrogens with one attached hydrogen (secondary N) is 1. The molecule has 2 amide bonds. The number of aromatic nitrogens is 3. The number of aryl methyl sites for hydroxylation is 1. The first-order chi connectivity index (χ1) is 12.5. The van der Waals surface area contributed by atoms with Gasteiger partial charge < -0.3 is 10.2 Å². The van der Waals surface area contributed by atoms with Gasteiger partial charge in [-0.2, -0.15) is 5.10 Å². The first-order valence-electron chi connectivity index (χ1n) is 8.86. The summed E-state index contributed by atoms with van der Waals surface area (Å²) >= 11 is 0. The Morgan fingerprint density at radius 1 is 1.23 bits per heavy atom. The van der Waals surface area contributed by atoms with E-state index < -0.39 is 0 Å².